The van der Waals surface area contributed by atoms with Crippen molar-refractivity contribution in [3.63, 3.8) is 0 Å². The Morgan fingerprint density at radius 2 is 1.93 bits per heavy atom. The topological polar surface area (TPSA) is 36.3 Å². The average Bonchev–Trinajstić information content (AvgIpc) is 2.29. The molecule has 0 aromatic carbocycles. The van der Waals surface area contributed by atoms with Crippen LogP contribution in [0.25, 0.3) is 0 Å². The average molecular weight is 206 g/mol. The van der Waals surface area contributed by atoms with Crippen LogP contribution in [0.5, 0.6) is 0 Å². The summed E-state index contributed by atoms with van der Waals surface area (Å²) in [6, 6.07) is 2.03. The number of nitriles is 1. The van der Waals surface area contributed by atoms with Crippen molar-refractivity contribution in [2.24, 2.45) is 0 Å². The molecule has 0 unspecified atom stereocenters. The van der Waals surface area contributed by atoms with Crippen LogP contribution in [0.15, 0.2) is 0 Å². The van der Waals surface area contributed by atoms with Gasteiger partial charge in [-0.15, -0.1) is 0 Å². The van der Waals surface area contributed by atoms with Gasteiger partial charge in [0.2, 0.25) is 0 Å². The fraction of sp³-hybridized carbons (Fsp3) is 0.750. The van der Waals surface area contributed by atoms with Crippen molar-refractivity contribution in [3.8, 4) is 17.9 Å². The van der Waals surface area contributed by atoms with Crippen LogP contribution < -0.4 is 0 Å². The predicted octanol–water partition coefficient (Wildman–Crippen LogP) is 1.41. The van der Waals surface area contributed by atoms with E-state index < -0.39 is 0 Å². The standard InChI is InChI=1S/C12H18N2O/c13-7-6-12-15-11-5-4-10-14-8-2-1-3-9-14/h1-3,6,8-12H2. The van der Waals surface area contributed by atoms with E-state index in [1.807, 2.05) is 6.07 Å². The Kier molecular flexibility index (Phi) is 6.66. The molecular formula is C12H18N2O. The fourth-order valence-electron chi connectivity index (χ4n) is 1.58. The van der Waals surface area contributed by atoms with E-state index in [-0.39, 0.29) is 0 Å². The van der Waals surface area contributed by atoms with Crippen molar-refractivity contribution in [1.29, 1.82) is 5.26 Å². The van der Waals surface area contributed by atoms with Crippen molar-refractivity contribution >= 4 is 0 Å². The largest absolute Gasteiger partial charge is 0.368 e. The molecule has 0 aromatic heterocycles. The van der Waals surface area contributed by atoms with Gasteiger partial charge in [-0.05, 0) is 25.9 Å². The SMILES string of the molecule is N#CCCOCC#CCN1CCCCC1. The summed E-state index contributed by atoms with van der Waals surface area (Å²) in [5.41, 5.74) is 0. The van der Waals surface area contributed by atoms with Crippen LogP contribution >= 0.6 is 0 Å². The molecule has 0 aliphatic carbocycles. The van der Waals surface area contributed by atoms with Gasteiger partial charge in [0.15, 0.2) is 0 Å². The van der Waals surface area contributed by atoms with Crippen molar-refractivity contribution in [2.45, 2.75) is 25.7 Å². The first-order valence-electron chi connectivity index (χ1n) is 5.56. The molecule has 0 saturated carbocycles. The molecule has 0 bridgehead atoms. The molecule has 1 saturated heterocycles. The molecular weight excluding hydrogens is 188 g/mol. The fourth-order valence-corrected chi connectivity index (χ4v) is 1.58. The van der Waals surface area contributed by atoms with Crippen molar-refractivity contribution in [3.05, 3.63) is 0 Å². The monoisotopic (exact) mass is 206 g/mol. The Labute approximate surface area is 92.0 Å². The van der Waals surface area contributed by atoms with Crippen LogP contribution in [0.4, 0.5) is 0 Å². The molecule has 0 aromatic rings. The van der Waals surface area contributed by atoms with Gasteiger partial charge in [0.25, 0.3) is 0 Å². The van der Waals surface area contributed by atoms with Crippen LogP contribution in [-0.2, 0) is 4.74 Å². The van der Waals surface area contributed by atoms with Crippen molar-refractivity contribution in [1.82, 2.24) is 4.90 Å². The van der Waals surface area contributed by atoms with Gasteiger partial charge in [-0.1, -0.05) is 18.3 Å². The third-order valence-corrected chi connectivity index (χ3v) is 2.41. The number of likely N-dealkylation sites (tertiary alicyclic amines) is 1. The second-order valence-electron chi connectivity index (χ2n) is 3.65. The molecule has 1 aliphatic heterocycles. The normalized spacial score (nSPS) is 16.5. The minimum atomic E-state index is 0.452. The Balaban J connectivity index is 1.98. The first-order valence-corrected chi connectivity index (χ1v) is 5.56. The third kappa shape index (κ3) is 6.12. The van der Waals surface area contributed by atoms with Gasteiger partial charge in [-0.3, -0.25) is 4.90 Å². The number of nitrogens with zero attached hydrogens (tertiary/aromatic N) is 2. The minimum Gasteiger partial charge on any atom is -0.368 e. The maximum absolute atomic E-state index is 8.27. The lowest BCUT2D eigenvalue weighted by Gasteiger charge is -2.23. The molecule has 0 amide bonds. The predicted molar refractivity (Wildman–Crippen MR) is 59.1 cm³/mol. The summed E-state index contributed by atoms with van der Waals surface area (Å²) in [6.07, 6.45) is 4.43. The lowest BCUT2D eigenvalue weighted by Crippen LogP contribution is -2.29. The van der Waals surface area contributed by atoms with Gasteiger partial charge in [0.05, 0.1) is 25.6 Å². The third-order valence-electron chi connectivity index (χ3n) is 2.41. The number of ether oxygens (including phenoxy) is 1. The molecule has 15 heavy (non-hydrogen) atoms. The van der Waals surface area contributed by atoms with E-state index in [1.165, 1.54) is 32.4 Å². The summed E-state index contributed by atoms with van der Waals surface area (Å²) in [6.45, 7) is 4.18. The van der Waals surface area contributed by atoms with E-state index in [0.717, 1.165) is 6.54 Å². The zero-order valence-electron chi connectivity index (χ0n) is 9.17. The van der Waals surface area contributed by atoms with E-state index >= 15 is 0 Å². The van der Waals surface area contributed by atoms with Gasteiger partial charge in [0.1, 0.15) is 6.61 Å². The molecule has 82 valence electrons. The summed E-state index contributed by atoms with van der Waals surface area (Å²) in [5, 5.41) is 8.27. The van der Waals surface area contributed by atoms with E-state index in [4.69, 9.17) is 10.00 Å². The number of hydrogen-bond donors (Lipinski definition) is 0. The van der Waals surface area contributed by atoms with Gasteiger partial charge in [0, 0.05) is 0 Å². The van der Waals surface area contributed by atoms with Crippen LogP contribution in [0, 0.1) is 23.2 Å². The first-order chi connectivity index (χ1) is 7.43. The minimum absolute atomic E-state index is 0.452. The van der Waals surface area contributed by atoms with Crippen molar-refractivity contribution < 1.29 is 4.74 Å². The van der Waals surface area contributed by atoms with Crippen LogP contribution in [0.1, 0.15) is 25.7 Å². The van der Waals surface area contributed by atoms with E-state index in [0.29, 0.717) is 19.6 Å². The number of rotatable bonds is 4. The molecule has 1 aliphatic rings. The second-order valence-corrected chi connectivity index (χ2v) is 3.65. The van der Waals surface area contributed by atoms with E-state index in [1.54, 1.807) is 0 Å². The molecule has 0 radical (unpaired) electrons. The van der Waals surface area contributed by atoms with Gasteiger partial charge < -0.3 is 4.74 Å². The van der Waals surface area contributed by atoms with Gasteiger partial charge in [-0.25, -0.2) is 0 Å². The lowest BCUT2D eigenvalue weighted by atomic mass is 10.1. The smallest absolute Gasteiger partial charge is 0.107 e. The lowest BCUT2D eigenvalue weighted by molar-refractivity contribution is 0.173. The Morgan fingerprint density at radius 1 is 1.13 bits per heavy atom. The summed E-state index contributed by atoms with van der Waals surface area (Å²) in [5.74, 6) is 6.07. The molecule has 1 heterocycles. The molecule has 0 spiro atoms. The van der Waals surface area contributed by atoms with Gasteiger partial charge in [-0.2, -0.15) is 5.26 Å². The summed E-state index contributed by atoms with van der Waals surface area (Å²) < 4.78 is 5.15. The number of piperidine rings is 1. The highest BCUT2D eigenvalue weighted by Crippen LogP contribution is 2.06. The highest BCUT2D eigenvalue weighted by atomic mass is 16.5. The number of hydrogen-bond acceptors (Lipinski definition) is 3. The highest BCUT2D eigenvalue weighted by molar-refractivity contribution is 5.01. The molecule has 3 nitrogen and oxygen atoms in total. The Morgan fingerprint density at radius 3 is 2.67 bits per heavy atom. The Hall–Kier alpha value is -1.03. The summed E-state index contributed by atoms with van der Waals surface area (Å²) in [7, 11) is 0. The Bertz CT molecular complexity index is 253. The summed E-state index contributed by atoms with van der Waals surface area (Å²) in [4.78, 5) is 2.38. The van der Waals surface area contributed by atoms with Gasteiger partial charge >= 0.3 is 0 Å². The van der Waals surface area contributed by atoms with E-state index in [9.17, 15) is 0 Å². The quantitative estimate of drug-likeness (QED) is 0.515. The zero-order chi connectivity index (χ0) is 10.8. The molecule has 3 heteroatoms. The van der Waals surface area contributed by atoms with Crippen molar-refractivity contribution in [2.75, 3.05) is 32.8 Å². The molecule has 1 fully saturated rings. The molecule has 0 N–H and O–H groups in total. The van der Waals surface area contributed by atoms with Crippen LogP contribution in [0.3, 0.4) is 0 Å². The first kappa shape index (κ1) is 12.0. The summed E-state index contributed by atoms with van der Waals surface area (Å²) >= 11 is 0. The highest BCUT2D eigenvalue weighted by Gasteiger charge is 2.07. The zero-order valence-corrected chi connectivity index (χ0v) is 9.17. The second kappa shape index (κ2) is 8.29. The maximum atomic E-state index is 8.27. The maximum Gasteiger partial charge on any atom is 0.107 e. The van der Waals surface area contributed by atoms with Crippen LogP contribution in [0.2, 0.25) is 0 Å². The molecule has 0 atom stereocenters. The van der Waals surface area contributed by atoms with Crippen LogP contribution in [-0.4, -0.2) is 37.7 Å². The van der Waals surface area contributed by atoms with E-state index in [2.05, 4.69) is 16.7 Å². The molecule has 1 rings (SSSR count).